The largest absolute Gasteiger partial charge is 0.479 e. The molecule has 37 heavy (non-hydrogen) atoms. The Morgan fingerprint density at radius 2 is 1.84 bits per heavy atom. The van der Waals surface area contributed by atoms with Crippen molar-refractivity contribution in [2.75, 3.05) is 7.11 Å². The van der Waals surface area contributed by atoms with Crippen LogP contribution >= 0.6 is 0 Å². The molecule has 0 fully saturated rings. The fourth-order valence-electron chi connectivity index (χ4n) is 4.39. The fraction of sp³-hybridized carbons (Fsp3) is 0.333. The summed E-state index contributed by atoms with van der Waals surface area (Å²) in [5.74, 6) is 0.938. The molecule has 1 unspecified atom stereocenters. The quantitative estimate of drug-likeness (QED) is 0.314. The Balaban J connectivity index is 0.00000156. The van der Waals surface area contributed by atoms with Crippen LogP contribution in [-0.4, -0.2) is 36.4 Å². The second-order valence-electron chi connectivity index (χ2n) is 8.35. The SMILES string of the molecule is CC.COc1nc(/C=C/c2nc3n(n2)CCCC3c2ccccc2C(F)(F)F)ccc1-n1cnc(C)c1. The molecular formula is C27H29F3N6O. The van der Waals surface area contributed by atoms with Gasteiger partial charge in [0.15, 0.2) is 5.82 Å². The van der Waals surface area contributed by atoms with E-state index < -0.39 is 17.7 Å². The summed E-state index contributed by atoms with van der Waals surface area (Å²) in [5.41, 5.74) is 1.88. The zero-order valence-corrected chi connectivity index (χ0v) is 21.2. The fourth-order valence-corrected chi connectivity index (χ4v) is 4.39. The van der Waals surface area contributed by atoms with E-state index in [0.29, 0.717) is 36.2 Å². The molecule has 7 nitrogen and oxygen atoms in total. The van der Waals surface area contributed by atoms with E-state index in [9.17, 15) is 13.2 Å². The number of hydrogen-bond acceptors (Lipinski definition) is 5. The Kier molecular flexibility index (Phi) is 7.75. The van der Waals surface area contributed by atoms with E-state index in [2.05, 4.69) is 20.1 Å². The molecule has 4 aromatic rings. The number of aryl methyl sites for hydroxylation is 2. The smallest absolute Gasteiger partial charge is 0.416 e. The van der Waals surface area contributed by atoms with Crippen LogP contribution in [0.1, 0.15) is 66.8 Å². The first-order valence-electron chi connectivity index (χ1n) is 12.2. The Morgan fingerprint density at radius 1 is 1.05 bits per heavy atom. The molecule has 0 bridgehead atoms. The maximum atomic E-state index is 13.6. The van der Waals surface area contributed by atoms with Crippen LogP contribution in [0.3, 0.4) is 0 Å². The van der Waals surface area contributed by atoms with Crippen molar-refractivity contribution in [2.45, 2.75) is 52.3 Å². The third-order valence-corrected chi connectivity index (χ3v) is 5.98. The lowest BCUT2D eigenvalue weighted by atomic mass is 9.88. The van der Waals surface area contributed by atoms with Crippen molar-refractivity contribution in [2.24, 2.45) is 0 Å². The number of benzene rings is 1. The van der Waals surface area contributed by atoms with Gasteiger partial charge >= 0.3 is 6.18 Å². The summed E-state index contributed by atoms with van der Waals surface area (Å²) >= 11 is 0. The summed E-state index contributed by atoms with van der Waals surface area (Å²) in [6.07, 6.45) is 3.92. The lowest BCUT2D eigenvalue weighted by Crippen LogP contribution is -2.21. The number of rotatable bonds is 5. The second-order valence-corrected chi connectivity index (χ2v) is 8.35. The molecule has 0 radical (unpaired) electrons. The Hall–Kier alpha value is -3.95. The number of alkyl halides is 3. The minimum absolute atomic E-state index is 0.237. The Bertz CT molecular complexity index is 1390. The summed E-state index contributed by atoms with van der Waals surface area (Å²) in [7, 11) is 1.55. The molecule has 0 amide bonds. The number of nitrogens with zero attached hydrogens (tertiary/aromatic N) is 6. The van der Waals surface area contributed by atoms with Crippen LogP contribution in [0.2, 0.25) is 0 Å². The van der Waals surface area contributed by atoms with Gasteiger partial charge in [0, 0.05) is 18.7 Å². The first-order valence-corrected chi connectivity index (χ1v) is 12.2. The van der Waals surface area contributed by atoms with E-state index in [-0.39, 0.29) is 5.56 Å². The minimum Gasteiger partial charge on any atom is -0.479 e. The third kappa shape index (κ3) is 5.58. The molecule has 1 atom stereocenters. The average molecular weight is 511 g/mol. The van der Waals surface area contributed by atoms with Crippen LogP contribution in [-0.2, 0) is 12.7 Å². The van der Waals surface area contributed by atoms with Gasteiger partial charge in [-0.3, -0.25) is 0 Å². The number of aromatic nitrogens is 6. The lowest BCUT2D eigenvalue weighted by Gasteiger charge is -2.25. The van der Waals surface area contributed by atoms with Crippen molar-refractivity contribution in [1.82, 2.24) is 29.3 Å². The van der Waals surface area contributed by atoms with Crippen molar-refractivity contribution >= 4 is 12.2 Å². The van der Waals surface area contributed by atoms with Gasteiger partial charge in [-0.1, -0.05) is 32.0 Å². The van der Waals surface area contributed by atoms with Crippen molar-refractivity contribution < 1.29 is 17.9 Å². The van der Waals surface area contributed by atoms with Crippen molar-refractivity contribution in [1.29, 1.82) is 0 Å². The van der Waals surface area contributed by atoms with Gasteiger partial charge in [0.1, 0.15) is 11.5 Å². The molecule has 1 aromatic carbocycles. The van der Waals surface area contributed by atoms with Gasteiger partial charge < -0.3 is 9.30 Å². The topological polar surface area (TPSA) is 70.7 Å². The van der Waals surface area contributed by atoms with Crippen LogP contribution in [0, 0.1) is 6.92 Å². The van der Waals surface area contributed by atoms with Crippen molar-refractivity contribution in [3.8, 4) is 11.6 Å². The van der Waals surface area contributed by atoms with Gasteiger partial charge in [0.25, 0.3) is 0 Å². The molecule has 0 saturated carbocycles. The summed E-state index contributed by atoms with van der Waals surface area (Å²) < 4.78 is 49.8. The minimum atomic E-state index is -4.42. The predicted molar refractivity (Wildman–Crippen MR) is 135 cm³/mol. The summed E-state index contributed by atoms with van der Waals surface area (Å²) in [5, 5.41) is 4.51. The molecule has 5 rings (SSSR count). The van der Waals surface area contributed by atoms with E-state index in [0.717, 1.165) is 23.9 Å². The van der Waals surface area contributed by atoms with E-state index in [1.54, 1.807) is 36.3 Å². The van der Waals surface area contributed by atoms with Crippen LogP contribution in [0.4, 0.5) is 13.2 Å². The molecule has 10 heteroatoms. The number of imidazole rings is 1. The Morgan fingerprint density at radius 3 is 2.54 bits per heavy atom. The molecule has 0 saturated heterocycles. The number of halogens is 3. The van der Waals surface area contributed by atoms with Gasteiger partial charge in [-0.05, 0) is 55.7 Å². The standard InChI is InChI=1S/C25H23F3N6O.C2H6/c1-16-14-33(15-29-16)21-11-9-17(30-24(21)35-2)10-12-22-31-23-19(7-5-13-34(23)32-22)18-6-3-4-8-20(18)25(26,27)28;1-2/h3-4,6,8-12,14-15,19H,5,7,13H2,1-2H3;1-2H3/b12-10+;. The van der Waals surface area contributed by atoms with Gasteiger partial charge in [-0.2, -0.15) is 18.3 Å². The second kappa shape index (κ2) is 11.0. The van der Waals surface area contributed by atoms with Crippen LogP contribution in [0.5, 0.6) is 5.88 Å². The molecule has 194 valence electrons. The van der Waals surface area contributed by atoms with Gasteiger partial charge in [0.05, 0.1) is 30.4 Å². The zero-order chi connectivity index (χ0) is 26.6. The van der Waals surface area contributed by atoms with Gasteiger partial charge in [0.2, 0.25) is 5.88 Å². The van der Waals surface area contributed by atoms with E-state index >= 15 is 0 Å². The number of methoxy groups -OCH3 is 1. The first-order chi connectivity index (χ1) is 17.8. The van der Waals surface area contributed by atoms with E-state index in [1.807, 2.05) is 43.7 Å². The molecule has 3 aromatic heterocycles. The number of ether oxygens (including phenoxy) is 1. The van der Waals surface area contributed by atoms with E-state index in [4.69, 9.17) is 4.74 Å². The maximum absolute atomic E-state index is 13.6. The molecular weight excluding hydrogens is 481 g/mol. The van der Waals surface area contributed by atoms with Gasteiger partial charge in [-0.15, -0.1) is 0 Å². The lowest BCUT2D eigenvalue weighted by molar-refractivity contribution is -0.138. The highest BCUT2D eigenvalue weighted by molar-refractivity contribution is 5.65. The molecule has 4 heterocycles. The normalized spacial score (nSPS) is 15.3. The summed E-state index contributed by atoms with van der Waals surface area (Å²) in [6.45, 7) is 6.52. The maximum Gasteiger partial charge on any atom is 0.416 e. The van der Waals surface area contributed by atoms with Crippen LogP contribution < -0.4 is 4.74 Å². The van der Waals surface area contributed by atoms with Crippen LogP contribution in [0.25, 0.3) is 17.8 Å². The van der Waals surface area contributed by atoms with Crippen molar-refractivity contribution in [3.05, 3.63) is 83.1 Å². The van der Waals surface area contributed by atoms with Crippen LogP contribution in [0.15, 0.2) is 48.9 Å². The number of pyridine rings is 1. The Labute approximate surface area is 213 Å². The number of fused-ring (bicyclic) bond motifs is 1. The predicted octanol–water partition coefficient (Wildman–Crippen LogP) is 6.32. The zero-order valence-electron chi connectivity index (χ0n) is 21.2. The molecule has 0 N–H and O–H groups in total. The highest BCUT2D eigenvalue weighted by Gasteiger charge is 2.37. The molecule has 0 aliphatic carbocycles. The first kappa shape index (κ1) is 26.1. The monoisotopic (exact) mass is 510 g/mol. The third-order valence-electron chi connectivity index (χ3n) is 5.98. The summed E-state index contributed by atoms with van der Waals surface area (Å²) in [4.78, 5) is 13.3. The van der Waals surface area contributed by atoms with Gasteiger partial charge in [-0.25, -0.2) is 19.6 Å². The molecule has 1 aliphatic rings. The van der Waals surface area contributed by atoms with E-state index in [1.165, 1.54) is 12.1 Å². The molecule has 0 spiro atoms. The highest BCUT2D eigenvalue weighted by atomic mass is 19.4. The van der Waals surface area contributed by atoms with Crippen molar-refractivity contribution in [3.63, 3.8) is 0 Å². The number of hydrogen-bond donors (Lipinski definition) is 0. The summed E-state index contributed by atoms with van der Waals surface area (Å²) in [6, 6.07) is 9.42. The average Bonchev–Trinajstić information content (AvgIpc) is 3.53. The molecule has 1 aliphatic heterocycles. The highest BCUT2D eigenvalue weighted by Crippen LogP contribution is 2.40.